The zero-order valence-corrected chi connectivity index (χ0v) is 26.2. The van der Waals surface area contributed by atoms with Crippen molar-refractivity contribution in [2.24, 2.45) is 0 Å². The van der Waals surface area contributed by atoms with Crippen molar-refractivity contribution in [2.75, 3.05) is 40.6 Å². The summed E-state index contributed by atoms with van der Waals surface area (Å²) in [6.07, 6.45) is 22.2. The van der Waals surface area contributed by atoms with Gasteiger partial charge >= 0.3 is 7.82 Å². The van der Waals surface area contributed by atoms with E-state index in [0.29, 0.717) is 13.2 Å². The van der Waals surface area contributed by atoms with Crippen molar-refractivity contribution in [2.45, 2.75) is 109 Å². The lowest BCUT2D eigenvalue weighted by atomic mass is 10.0. The molecule has 1 aromatic carbocycles. The van der Waals surface area contributed by atoms with Crippen LogP contribution in [0.4, 0.5) is 0 Å². The van der Waals surface area contributed by atoms with Gasteiger partial charge in [-0.15, -0.1) is 0 Å². The number of phosphoric acid groups is 1. The third kappa shape index (κ3) is 16.6. The van der Waals surface area contributed by atoms with E-state index >= 15 is 0 Å². The van der Waals surface area contributed by atoms with Crippen molar-refractivity contribution in [1.82, 2.24) is 9.80 Å². The molecule has 0 saturated heterocycles. The van der Waals surface area contributed by atoms with Crippen LogP contribution in [0.5, 0.6) is 5.75 Å². The zero-order valence-electron chi connectivity index (χ0n) is 25.3. The molecule has 0 amide bonds. The minimum atomic E-state index is -4.27. The molecule has 8 nitrogen and oxygen atoms in total. The maximum absolute atomic E-state index is 12.4. The fourth-order valence-electron chi connectivity index (χ4n) is 4.72. The number of benzene rings is 1. The van der Waals surface area contributed by atoms with Gasteiger partial charge in [-0.25, -0.2) is 4.57 Å². The Morgan fingerprint density at radius 1 is 0.850 bits per heavy atom. The molecule has 2 atom stereocenters. The van der Waals surface area contributed by atoms with E-state index < -0.39 is 13.9 Å². The summed E-state index contributed by atoms with van der Waals surface area (Å²) >= 11 is 0. The smallest absolute Gasteiger partial charge is 0.404 e. The zero-order chi connectivity index (χ0) is 28.9. The largest absolute Gasteiger partial charge is 0.527 e. The van der Waals surface area contributed by atoms with E-state index in [1.54, 1.807) is 19.2 Å². The fraction of sp³-hybridized carbons (Fsp3) is 0.742. The van der Waals surface area contributed by atoms with Gasteiger partial charge in [-0.2, -0.15) is 0 Å². The summed E-state index contributed by atoms with van der Waals surface area (Å²) in [5.74, 6) is 0.284. The fourth-order valence-corrected chi connectivity index (χ4v) is 5.51. The van der Waals surface area contributed by atoms with Gasteiger partial charge in [-0.1, -0.05) is 103 Å². The van der Waals surface area contributed by atoms with Gasteiger partial charge in [0, 0.05) is 39.7 Å². The Balaban J connectivity index is 1.46. The number of phosphoric ester groups is 1. The number of methoxy groups -OCH3 is 1. The van der Waals surface area contributed by atoms with Crippen LogP contribution in [0, 0.1) is 0 Å². The summed E-state index contributed by atoms with van der Waals surface area (Å²) < 4.78 is 33.9. The highest BCUT2D eigenvalue weighted by Gasteiger charge is 2.25. The Morgan fingerprint density at radius 2 is 1.43 bits per heavy atom. The number of ether oxygens (including phenoxy) is 2. The van der Waals surface area contributed by atoms with E-state index in [1.165, 1.54) is 77.0 Å². The van der Waals surface area contributed by atoms with Gasteiger partial charge in [0.1, 0.15) is 11.9 Å². The lowest BCUT2D eigenvalue weighted by molar-refractivity contribution is -0.0197. The van der Waals surface area contributed by atoms with Crippen LogP contribution in [0.15, 0.2) is 36.7 Å². The molecule has 2 unspecified atom stereocenters. The van der Waals surface area contributed by atoms with Gasteiger partial charge in [-0.3, -0.25) is 9.42 Å². The predicted molar refractivity (Wildman–Crippen MR) is 162 cm³/mol. The number of hydrogen-bond donors (Lipinski definition) is 1. The van der Waals surface area contributed by atoms with Crippen LogP contribution >= 0.6 is 7.82 Å². The third-order valence-electron chi connectivity index (χ3n) is 7.17. The molecular formula is C31H55N2O6P. The predicted octanol–water partition coefficient (Wildman–Crippen LogP) is 7.87. The lowest BCUT2D eigenvalue weighted by Gasteiger charge is -2.19. The van der Waals surface area contributed by atoms with E-state index in [4.69, 9.17) is 18.5 Å². The summed E-state index contributed by atoms with van der Waals surface area (Å²) in [6.45, 7) is 4.73. The first-order chi connectivity index (χ1) is 19.4. The van der Waals surface area contributed by atoms with E-state index in [1.807, 2.05) is 31.6 Å². The van der Waals surface area contributed by atoms with Crippen LogP contribution in [-0.2, 0) is 25.1 Å². The molecular weight excluding hydrogens is 527 g/mol. The maximum atomic E-state index is 12.4. The summed E-state index contributed by atoms with van der Waals surface area (Å²) in [6, 6.07) is 7.12. The highest BCUT2D eigenvalue weighted by Crippen LogP contribution is 2.44. The molecule has 0 aliphatic carbocycles. The normalized spacial score (nSPS) is 15.5. The third-order valence-corrected chi connectivity index (χ3v) is 8.09. The molecule has 0 radical (unpaired) electrons. The van der Waals surface area contributed by atoms with Crippen LogP contribution < -0.4 is 4.52 Å². The maximum Gasteiger partial charge on any atom is 0.527 e. The Hall–Kier alpha value is -1.57. The lowest BCUT2D eigenvalue weighted by Crippen LogP contribution is -2.24. The second-order valence-electron chi connectivity index (χ2n) is 11.0. The monoisotopic (exact) mass is 582 g/mol. The summed E-state index contributed by atoms with van der Waals surface area (Å²) in [7, 11) is -0.712. The Bertz CT molecular complexity index is 838. The number of nitrogens with zero attached hydrogens (tertiary/aromatic N) is 2. The molecule has 0 saturated carbocycles. The van der Waals surface area contributed by atoms with Crippen molar-refractivity contribution in [3.05, 3.63) is 42.2 Å². The van der Waals surface area contributed by atoms with Gasteiger partial charge in [-0.05, 0) is 24.1 Å². The van der Waals surface area contributed by atoms with Crippen molar-refractivity contribution in [1.29, 1.82) is 0 Å². The molecule has 1 N–H and O–H groups in total. The second kappa shape index (κ2) is 21.2. The molecule has 9 heteroatoms. The van der Waals surface area contributed by atoms with Crippen LogP contribution in [-0.4, -0.2) is 61.4 Å². The second-order valence-corrected chi connectivity index (χ2v) is 12.3. The minimum absolute atomic E-state index is 0.0874. The molecule has 1 aliphatic heterocycles. The SMILES string of the molecule is CCCCCCCCCCCCCCCCOCC(COP(=O)(O)Oc1ccc(CN2C=CN(C)C2)cc1)OC. The highest BCUT2D eigenvalue weighted by molar-refractivity contribution is 7.47. The van der Waals surface area contributed by atoms with E-state index in [-0.39, 0.29) is 12.4 Å². The Kier molecular flexibility index (Phi) is 18.3. The standard InChI is InChI=1S/C31H55N2O6P/c1-4-5-6-7-8-9-10-11-12-13-14-15-16-17-24-37-26-31(36-3)27-38-40(34,35)39-30-20-18-29(19-21-30)25-33-23-22-32(2)28-33/h18-23,31H,4-17,24-28H2,1-3H3,(H,34,35). The molecule has 2 rings (SSSR count). The first-order valence-electron chi connectivity index (χ1n) is 15.4. The van der Waals surface area contributed by atoms with Crippen molar-refractivity contribution in [3.8, 4) is 5.75 Å². The summed E-state index contributed by atoms with van der Waals surface area (Å²) in [5, 5.41) is 0. The van der Waals surface area contributed by atoms with Gasteiger partial charge in [0.05, 0.1) is 19.9 Å². The van der Waals surface area contributed by atoms with Crippen molar-refractivity contribution >= 4 is 7.82 Å². The van der Waals surface area contributed by atoms with E-state index in [0.717, 1.165) is 31.6 Å². The van der Waals surface area contributed by atoms with Crippen LogP contribution in [0.25, 0.3) is 0 Å². The van der Waals surface area contributed by atoms with Crippen LogP contribution in [0.1, 0.15) is 102 Å². The molecule has 40 heavy (non-hydrogen) atoms. The van der Waals surface area contributed by atoms with Crippen LogP contribution in [0.2, 0.25) is 0 Å². The van der Waals surface area contributed by atoms with Gasteiger partial charge in [0.2, 0.25) is 0 Å². The van der Waals surface area contributed by atoms with Gasteiger partial charge in [0.15, 0.2) is 0 Å². The molecule has 230 valence electrons. The molecule has 0 bridgehead atoms. The molecule has 1 heterocycles. The Labute approximate surface area is 243 Å². The van der Waals surface area contributed by atoms with E-state index in [2.05, 4.69) is 16.7 Å². The quantitative estimate of drug-likeness (QED) is 0.0921. The molecule has 1 aliphatic rings. The molecule has 0 fully saturated rings. The van der Waals surface area contributed by atoms with E-state index in [9.17, 15) is 9.46 Å². The molecule has 0 spiro atoms. The highest BCUT2D eigenvalue weighted by atomic mass is 31.2. The Morgan fingerprint density at radius 3 is 1.95 bits per heavy atom. The van der Waals surface area contributed by atoms with Crippen molar-refractivity contribution < 1.29 is 28.0 Å². The van der Waals surface area contributed by atoms with Gasteiger partial charge < -0.3 is 23.8 Å². The molecule has 1 aromatic rings. The van der Waals surface area contributed by atoms with Gasteiger partial charge in [0.25, 0.3) is 0 Å². The van der Waals surface area contributed by atoms with Crippen LogP contribution in [0.3, 0.4) is 0 Å². The first-order valence-corrected chi connectivity index (χ1v) is 16.9. The topological polar surface area (TPSA) is 80.7 Å². The number of rotatable bonds is 25. The first kappa shape index (κ1) is 34.6. The minimum Gasteiger partial charge on any atom is -0.404 e. The van der Waals surface area contributed by atoms with Crippen molar-refractivity contribution in [3.63, 3.8) is 0 Å². The number of hydrogen-bond acceptors (Lipinski definition) is 7. The summed E-state index contributed by atoms with van der Waals surface area (Å²) in [5.41, 5.74) is 1.08. The number of unbranched alkanes of at least 4 members (excludes halogenated alkanes) is 13. The average Bonchev–Trinajstić information content (AvgIpc) is 3.35. The average molecular weight is 583 g/mol. The molecule has 0 aromatic heterocycles. The summed E-state index contributed by atoms with van der Waals surface area (Å²) in [4.78, 5) is 14.4.